The van der Waals surface area contributed by atoms with E-state index in [4.69, 9.17) is 10.3 Å². The Morgan fingerprint density at radius 3 is 1.62 bits per heavy atom. The topological polar surface area (TPSA) is 204 Å². The van der Waals surface area contributed by atoms with Gasteiger partial charge in [-0.2, -0.15) is 32.2 Å². The molecule has 0 heterocycles. The minimum absolute atomic E-state index is 0. The van der Waals surface area contributed by atoms with Gasteiger partial charge in [0.05, 0.1) is 22.0 Å². The van der Waals surface area contributed by atoms with E-state index in [2.05, 4.69) is 20.5 Å². The summed E-state index contributed by atoms with van der Waals surface area (Å²) in [6.07, 6.45) is 0. The summed E-state index contributed by atoms with van der Waals surface area (Å²) in [5.41, 5.74) is 6.65. The van der Waals surface area contributed by atoms with Gasteiger partial charge in [-0.15, -0.1) is 5.11 Å². The van der Waals surface area contributed by atoms with Crippen molar-refractivity contribution in [1.29, 1.82) is 0 Å². The van der Waals surface area contributed by atoms with Crippen molar-refractivity contribution in [2.24, 2.45) is 20.5 Å². The van der Waals surface area contributed by atoms with Crippen molar-refractivity contribution in [3.8, 4) is 5.75 Å². The maximum Gasteiger partial charge on any atom is 1.00 e. The smallest absolute Gasteiger partial charge is 0.505 e. The Labute approximate surface area is 233 Å². The van der Waals surface area contributed by atoms with Gasteiger partial charge in [-0.05, 0) is 78.2 Å². The van der Waals surface area contributed by atoms with Crippen LogP contribution in [0.1, 0.15) is 0 Å². The third-order valence-corrected chi connectivity index (χ3v) is 6.62. The maximum atomic E-state index is 11.9. The number of phenols is 1. The summed E-state index contributed by atoms with van der Waals surface area (Å²) in [4.78, 5) is -0.901. The Morgan fingerprint density at radius 1 is 0.649 bits per heavy atom. The maximum absolute atomic E-state index is 11.9. The summed E-state index contributed by atoms with van der Waals surface area (Å²) >= 11 is 0. The van der Waals surface area contributed by atoms with Crippen LogP contribution in [-0.2, 0) is 20.2 Å². The fraction of sp³-hybridized carbons (Fsp3) is 0. The zero-order valence-electron chi connectivity index (χ0n) is 19.1. The molecule has 4 aromatic rings. The first-order valence-electron chi connectivity index (χ1n) is 9.95. The summed E-state index contributed by atoms with van der Waals surface area (Å²) in [6, 6.07) is 16.8. The minimum atomic E-state index is -4.75. The molecule has 0 aliphatic heterocycles. The zero-order valence-corrected chi connectivity index (χ0v) is 22.7. The van der Waals surface area contributed by atoms with Crippen molar-refractivity contribution in [2.75, 3.05) is 5.73 Å². The molecule has 0 spiro atoms. The second-order valence-corrected chi connectivity index (χ2v) is 10.2. The van der Waals surface area contributed by atoms with Crippen LogP contribution in [0.2, 0.25) is 0 Å². The van der Waals surface area contributed by atoms with E-state index in [1.165, 1.54) is 66.7 Å². The van der Waals surface area contributed by atoms with E-state index in [-0.39, 0.29) is 45.5 Å². The average Bonchev–Trinajstić information content (AvgIpc) is 2.81. The van der Waals surface area contributed by atoms with Crippen LogP contribution in [0.3, 0.4) is 0 Å². The molecule has 0 bridgehead atoms. The van der Waals surface area contributed by atoms with Gasteiger partial charge in [0, 0.05) is 11.1 Å². The molecule has 4 aromatic carbocycles. The Kier molecular flexibility index (Phi) is 8.44. The number of rotatable bonds is 6. The average molecular weight is 551 g/mol. The number of phenolic OH excluding ortho intramolecular Hbond substituents is 1. The third kappa shape index (κ3) is 6.75. The van der Waals surface area contributed by atoms with E-state index in [1.807, 2.05) is 0 Å². The number of benzene rings is 4. The predicted octanol–water partition coefficient (Wildman–Crippen LogP) is 2.46. The van der Waals surface area contributed by atoms with Gasteiger partial charge in [0.2, 0.25) is 0 Å². The molecule has 0 saturated carbocycles. The van der Waals surface area contributed by atoms with Gasteiger partial charge in [0.25, 0.3) is 20.2 Å². The Bertz CT molecular complexity index is 1740. The zero-order chi connectivity index (χ0) is 26.1. The second-order valence-electron chi connectivity index (χ2n) is 7.41. The van der Waals surface area contributed by atoms with Gasteiger partial charge in [0.1, 0.15) is 10.6 Å². The monoisotopic (exact) mass is 550 g/mol. The molecule has 0 fully saturated rings. The molecule has 0 radical (unpaired) electrons. The molecule has 0 aliphatic rings. The molecule has 4 rings (SSSR count). The Morgan fingerprint density at radius 2 is 1.14 bits per heavy atom. The number of hydrogen-bond acceptors (Lipinski definition) is 10. The number of hydrogen-bond donors (Lipinski definition) is 4. The van der Waals surface area contributed by atoms with Crippen molar-refractivity contribution in [3.05, 3.63) is 72.8 Å². The number of fused-ring (bicyclic) bond motifs is 1. The van der Waals surface area contributed by atoms with Crippen LogP contribution >= 0.6 is 0 Å². The van der Waals surface area contributed by atoms with Gasteiger partial charge < -0.3 is 10.8 Å². The largest absolute Gasteiger partial charge is 1.00 e. The molecular formula is C22H17N5NaO7S2+. The summed E-state index contributed by atoms with van der Waals surface area (Å²) in [6.45, 7) is 0. The van der Waals surface area contributed by atoms with Crippen LogP contribution in [0, 0.1) is 0 Å². The van der Waals surface area contributed by atoms with Gasteiger partial charge in [-0.25, -0.2) is 0 Å². The van der Waals surface area contributed by atoms with Crippen LogP contribution in [-0.4, -0.2) is 31.0 Å². The molecule has 0 atom stereocenters. The molecule has 12 nitrogen and oxygen atoms in total. The first kappa shape index (κ1) is 28.3. The fourth-order valence-electron chi connectivity index (χ4n) is 3.16. The van der Waals surface area contributed by atoms with E-state index in [0.29, 0.717) is 22.4 Å². The van der Waals surface area contributed by atoms with Crippen molar-refractivity contribution in [2.45, 2.75) is 9.79 Å². The van der Waals surface area contributed by atoms with Crippen LogP contribution < -0.4 is 35.3 Å². The van der Waals surface area contributed by atoms with Gasteiger partial charge in [-0.3, -0.25) is 9.11 Å². The molecule has 0 aromatic heterocycles. The van der Waals surface area contributed by atoms with E-state index in [9.17, 15) is 26.5 Å². The van der Waals surface area contributed by atoms with Crippen molar-refractivity contribution >= 4 is 59.4 Å². The molecule has 0 unspecified atom stereocenters. The Hall–Kier alpha value is -3.24. The SMILES string of the molecule is Nc1ccc2c(O)c(N=Nc3ccc(N=Nc4ccc(S(=O)(=O)O)cc4)cc3)c(S(=O)(=O)O)cc2c1.[Na+]. The summed E-state index contributed by atoms with van der Waals surface area (Å²) in [5, 5.41) is 26.9. The number of nitrogens with zero attached hydrogens (tertiary/aromatic N) is 4. The molecule has 37 heavy (non-hydrogen) atoms. The number of aromatic hydroxyl groups is 1. The van der Waals surface area contributed by atoms with Crippen molar-refractivity contribution in [1.82, 2.24) is 0 Å². The molecule has 0 saturated heterocycles. The summed E-state index contributed by atoms with van der Waals surface area (Å²) in [5.74, 6) is -0.491. The van der Waals surface area contributed by atoms with Crippen LogP contribution in [0.4, 0.5) is 28.4 Å². The second kappa shape index (κ2) is 11.0. The van der Waals surface area contributed by atoms with Crippen LogP contribution in [0.5, 0.6) is 5.75 Å². The summed E-state index contributed by atoms with van der Waals surface area (Å²) in [7, 11) is -9.05. The van der Waals surface area contributed by atoms with Gasteiger partial charge >= 0.3 is 29.6 Å². The quantitative estimate of drug-likeness (QED) is 0.121. The van der Waals surface area contributed by atoms with E-state index in [1.54, 1.807) is 0 Å². The van der Waals surface area contributed by atoms with Gasteiger partial charge in [0.15, 0.2) is 5.75 Å². The van der Waals surface area contributed by atoms with Gasteiger partial charge in [-0.1, -0.05) is 0 Å². The number of azo groups is 2. The molecule has 184 valence electrons. The summed E-state index contributed by atoms with van der Waals surface area (Å²) < 4.78 is 64.6. The van der Waals surface area contributed by atoms with Crippen molar-refractivity contribution in [3.63, 3.8) is 0 Å². The first-order valence-corrected chi connectivity index (χ1v) is 12.8. The first-order chi connectivity index (χ1) is 16.9. The normalized spacial score (nSPS) is 12.3. The molecule has 15 heteroatoms. The molecule has 0 amide bonds. The predicted molar refractivity (Wildman–Crippen MR) is 131 cm³/mol. The minimum Gasteiger partial charge on any atom is -0.505 e. The van der Waals surface area contributed by atoms with E-state index >= 15 is 0 Å². The number of anilines is 1. The van der Waals surface area contributed by atoms with Crippen LogP contribution in [0.15, 0.2) is 103 Å². The standard InChI is InChI=1S/C22H17N5O7S2.Na/c23-14-1-10-19-13(11-14)12-20(36(32,33)34)21(22(19)28)27-26-16-4-2-15(3-5-16)24-25-17-6-8-18(9-7-17)35(29,30)31;/h1-12,28H,23H2,(H,29,30,31)(H,32,33,34);/q;+1. The Balaban J connectivity index is 0.00000380. The number of nitrogens with two attached hydrogens (primary N) is 1. The van der Waals surface area contributed by atoms with Crippen molar-refractivity contribution < 1.29 is 60.6 Å². The number of nitrogen functional groups attached to an aromatic ring is 1. The third-order valence-electron chi connectivity index (χ3n) is 4.88. The molecular weight excluding hydrogens is 533 g/mol. The fourth-order valence-corrected chi connectivity index (χ4v) is 4.30. The molecule has 0 aliphatic carbocycles. The van der Waals surface area contributed by atoms with E-state index < -0.39 is 36.6 Å². The molecule has 5 N–H and O–H groups in total. The van der Waals surface area contributed by atoms with Crippen LogP contribution in [0.25, 0.3) is 10.8 Å². The van der Waals surface area contributed by atoms with E-state index in [0.717, 1.165) is 6.07 Å².